The molecule has 4 heteroatoms. The maximum atomic E-state index is 12.5. The minimum absolute atomic E-state index is 0.0555. The Balaban J connectivity index is 2.73. The lowest BCUT2D eigenvalue weighted by atomic mass is 9.87. The molecule has 0 fully saturated rings. The summed E-state index contributed by atoms with van der Waals surface area (Å²) in [6.07, 6.45) is -3.71. The van der Waals surface area contributed by atoms with Crippen LogP contribution in [0.15, 0.2) is 24.3 Å². The van der Waals surface area contributed by atoms with Crippen LogP contribution >= 0.6 is 0 Å². The molecule has 100 valence electrons. The Kier molecular flexibility index (Phi) is 4.20. The lowest BCUT2D eigenvalue weighted by molar-refractivity contribution is -0.137. The summed E-state index contributed by atoms with van der Waals surface area (Å²) >= 11 is 0. The third-order valence-electron chi connectivity index (χ3n) is 2.73. The third kappa shape index (κ3) is 4.17. The van der Waals surface area contributed by atoms with Crippen molar-refractivity contribution in [2.45, 2.75) is 39.8 Å². The number of Topliss-reactive ketones (excluding diaryl/α,β-unsaturated/α-hetero) is 1. The summed E-state index contributed by atoms with van der Waals surface area (Å²) < 4.78 is 37.5. The molecule has 0 radical (unpaired) electrons. The van der Waals surface area contributed by atoms with Gasteiger partial charge in [-0.05, 0) is 18.1 Å². The molecule has 0 spiro atoms. The first kappa shape index (κ1) is 14.7. The van der Waals surface area contributed by atoms with Gasteiger partial charge in [0.15, 0.2) is 0 Å². The van der Waals surface area contributed by atoms with Crippen molar-refractivity contribution in [3.05, 3.63) is 35.4 Å². The van der Waals surface area contributed by atoms with Crippen molar-refractivity contribution in [2.24, 2.45) is 5.41 Å². The van der Waals surface area contributed by atoms with Crippen LogP contribution < -0.4 is 0 Å². The lowest BCUT2D eigenvalue weighted by Crippen LogP contribution is -2.20. The summed E-state index contributed by atoms with van der Waals surface area (Å²) in [6.45, 7) is 5.42. The van der Waals surface area contributed by atoms with Gasteiger partial charge in [0.1, 0.15) is 5.78 Å². The molecule has 0 aliphatic heterocycles. The summed E-state index contributed by atoms with van der Waals surface area (Å²) in [5, 5.41) is 0. The first-order chi connectivity index (χ1) is 8.10. The molecule has 0 atom stereocenters. The summed E-state index contributed by atoms with van der Waals surface area (Å²) in [7, 11) is 0. The first-order valence-corrected chi connectivity index (χ1v) is 5.80. The van der Waals surface area contributed by atoms with E-state index >= 15 is 0 Å². The Morgan fingerprint density at radius 2 is 1.78 bits per heavy atom. The monoisotopic (exact) mass is 258 g/mol. The van der Waals surface area contributed by atoms with Gasteiger partial charge in [-0.3, -0.25) is 4.79 Å². The van der Waals surface area contributed by atoms with Gasteiger partial charge in [-0.1, -0.05) is 39.0 Å². The van der Waals surface area contributed by atoms with Crippen molar-refractivity contribution in [1.29, 1.82) is 0 Å². The second-order valence-corrected chi connectivity index (χ2v) is 5.37. The van der Waals surface area contributed by atoms with Gasteiger partial charge in [0.2, 0.25) is 0 Å². The largest absolute Gasteiger partial charge is 0.416 e. The number of aryl methyl sites for hydroxylation is 1. The van der Waals surface area contributed by atoms with Gasteiger partial charge in [0.05, 0.1) is 5.56 Å². The van der Waals surface area contributed by atoms with E-state index in [4.69, 9.17) is 0 Å². The maximum Gasteiger partial charge on any atom is 0.416 e. The van der Waals surface area contributed by atoms with E-state index in [1.807, 2.05) is 20.8 Å². The number of hydrogen-bond acceptors (Lipinski definition) is 1. The second-order valence-electron chi connectivity index (χ2n) is 5.37. The standard InChI is InChI=1S/C14H17F3O/c1-13(2,3)12(18)8-7-10-5-4-6-11(9-10)14(15,16)17/h4-6,9H,7-8H2,1-3H3. The van der Waals surface area contributed by atoms with E-state index in [0.717, 1.165) is 12.1 Å². The number of rotatable bonds is 3. The highest BCUT2D eigenvalue weighted by atomic mass is 19.4. The van der Waals surface area contributed by atoms with E-state index in [0.29, 0.717) is 12.0 Å². The normalized spacial score (nSPS) is 12.6. The zero-order valence-corrected chi connectivity index (χ0v) is 10.8. The highest BCUT2D eigenvalue weighted by Gasteiger charge is 2.30. The van der Waals surface area contributed by atoms with Crippen molar-refractivity contribution >= 4 is 5.78 Å². The topological polar surface area (TPSA) is 17.1 Å². The third-order valence-corrected chi connectivity index (χ3v) is 2.73. The zero-order valence-electron chi connectivity index (χ0n) is 10.8. The van der Waals surface area contributed by atoms with Gasteiger partial charge in [-0.25, -0.2) is 0 Å². The molecule has 0 saturated heterocycles. The number of hydrogen-bond donors (Lipinski definition) is 0. The van der Waals surface area contributed by atoms with Crippen LogP contribution in [0.3, 0.4) is 0 Å². The molecule has 0 unspecified atom stereocenters. The van der Waals surface area contributed by atoms with Gasteiger partial charge in [-0.15, -0.1) is 0 Å². The Morgan fingerprint density at radius 3 is 2.28 bits per heavy atom. The Labute approximate surface area is 105 Å². The second kappa shape index (κ2) is 5.12. The molecule has 0 saturated carbocycles. The summed E-state index contributed by atoms with van der Waals surface area (Å²) in [4.78, 5) is 11.7. The first-order valence-electron chi connectivity index (χ1n) is 5.80. The molecule has 18 heavy (non-hydrogen) atoms. The predicted molar refractivity (Wildman–Crippen MR) is 64.2 cm³/mol. The minimum Gasteiger partial charge on any atom is -0.299 e. The molecule has 1 rings (SSSR count). The number of benzene rings is 1. The van der Waals surface area contributed by atoms with E-state index in [2.05, 4.69) is 0 Å². The summed E-state index contributed by atoms with van der Waals surface area (Å²) in [5.74, 6) is 0.0555. The SMILES string of the molecule is CC(C)(C)C(=O)CCc1cccc(C(F)(F)F)c1. The fraction of sp³-hybridized carbons (Fsp3) is 0.500. The van der Waals surface area contributed by atoms with Crippen LogP contribution in [-0.2, 0) is 17.4 Å². The van der Waals surface area contributed by atoms with Crippen LogP contribution in [0, 0.1) is 5.41 Å². The number of alkyl halides is 3. The van der Waals surface area contributed by atoms with Crippen molar-refractivity contribution in [1.82, 2.24) is 0 Å². The average molecular weight is 258 g/mol. The smallest absolute Gasteiger partial charge is 0.299 e. The average Bonchev–Trinajstić information content (AvgIpc) is 2.23. The van der Waals surface area contributed by atoms with Crippen LogP contribution in [0.2, 0.25) is 0 Å². The molecular formula is C14H17F3O. The number of carbonyl (C=O) groups excluding carboxylic acids is 1. The number of carbonyl (C=O) groups is 1. The zero-order chi connectivity index (χ0) is 14.0. The van der Waals surface area contributed by atoms with E-state index in [1.165, 1.54) is 6.07 Å². The summed E-state index contributed by atoms with van der Waals surface area (Å²) in [6, 6.07) is 5.13. The van der Waals surface area contributed by atoms with Crippen molar-refractivity contribution < 1.29 is 18.0 Å². The fourth-order valence-electron chi connectivity index (χ4n) is 1.54. The molecule has 0 aliphatic rings. The van der Waals surface area contributed by atoms with Gasteiger partial charge >= 0.3 is 6.18 Å². The van der Waals surface area contributed by atoms with E-state index in [9.17, 15) is 18.0 Å². The molecule has 0 amide bonds. The Bertz CT molecular complexity index is 427. The summed E-state index contributed by atoms with van der Waals surface area (Å²) in [5.41, 5.74) is -0.563. The highest BCUT2D eigenvalue weighted by molar-refractivity contribution is 5.83. The molecule has 1 aromatic carbocycles. The Hall–Kier alpha value is -1.32. The van der Waals surface area contributed by atoms with Gasteiger partial charge in [-0.2, -0.15) is 13.2 Å². The van der Waals surface area contributed by atoms with E-state index in [-0.39, 0.29) is 12.2 Å². The van der Waals surface area contributed by atoms with Crippen molar-refractivity contribution in [3.8, 4) is 0 Å². The van der Waals surface area contributed by atoms with Crippen LogP contribution in [0.25, 0.3) is 0 Å². The molecule has 0 N–H and O–H groups in total. The van der Waals surface area contributed by atoms with E-state index < -0.39 is 17.2 Å². The maximum absolute atomic E-state index is 12.5. The van der Waals surface area contributed by atoms with Crippen LogP contribution in [0.5, 0.6) is 0 Å². The number of ketones is 1. The van der Waals surface area contributed by atoms with Crippen molar-refractivity contribution in [3.63, 3.8) is 0 Å². The molecule has 1 nitrogen and oxygen atoms in total. The molecular weight excluding hydrogens is 241 g/mol. The highest BCUT2D eigenvalue weighted by Crippen LogP contribution is 2.30. The predicted octanol–water partition coefficient (Wildman–Crippen LogP) is 4.25. The van der Waals surface area contributed by atoms with Gasteiger partial charge in [0, 0.05) is 11.8 Å². The minimum atomic E-state index is -4.33. The number of halogens is 3. The van der Waals surface area contributed by atoms with Crippen LogP contribution in [-0.4, -0.2) is 5.78 Å². The fourth-order valence-corrected chi connectivity index (χ4v) is 1.54. The lowest BCUT2D eigenvalue weighted by Gasteiger charge is -2.16. The Morgan fingerprint density at radius 1 is 1.17 bits per heavy atom. The molecule has 0 aromatic heterocycles. The van der Waals surface area contributed by atoms with Crippen molar-refractivity contribution in [2.75, 3.05) is 0 Å². The van der Waals surface area contributed by atoms with Gasteiger partial charge in [0.25, 0.3) is 0 Å². The molecule has 1 aromatic rings. The van der Waals surface area contributed by atoms with Crippen LogP contribution in [0.4, 0.5) is 13.2 Å². The van der Waals surface area contributed by atoms with E-state index in [1.54, 1.807) is 6.07 Å². The molecule has 0 aliphatic carbocycles. The van der Waals surface area contributed by atoms with Crippen LogP contribution in [0.1, 0.15) is 38.3 Å². The molecule has 0 bridgehead atoms. The molecule has 0 heterocycles. The van der Waals surface area contributed by atoms with Gasteiger partial charge < -0.3 is 0 Å². The quantitative estimate of drug-likeness (QED) is 0.792.